The summed E-state index contributed by atoms with van der Waals surface area (Å²) in [5.74, 6) is 3.30. The first-order valence-corrected chi connectivity index (χ1v) is 6.69. The van der Waals surface area contributed by atoms with Gasteiger partial charge in [0.2, 0.25) is 0 Å². The molecule has 5 heteroatoms. The third-order valence-electron chi connectivity index (χ3n) is 2.98. The second-order valence-corrected chi connectivity index (χ2v) is 4.59. The molecular formula is C17H14F2N2O. The predicted octanol–water partition coefficient (Wildman–Crippen LogP) is 2.87. The van der Waals surface area contributed by atoms with Crippen molar-refractivity contribution in [2.75, 3.05) is 13.6 Å². The van der Waals surface area contributed by atoms with Crippen LogP contribution in [0.4, 0.5) is 8.78 Å². The van der Waals surface area contributed by atoms with Crippen molar-refractivity contribution >= 4 is 5.91 Å². The molecule has 1 aromatic carbocycles. The summed E-state index contributed by atoms with van der Waals surface area (Å²) in [7, 11) is 1.48. The molecule has 2 aromatic rings. The summed E-state index contributed by atoms with van der Waals surface area (Å²) in [6.07, 6.45) is 2.02. The van der Waals surface area contributed by atoms with E-state index >= 15 is 0 Å². The summed E-state index contributed by atoms with van der Waals surface area (Å²) in [5, 5.41) is 0. The Hall–Kier alpha value is -2.74. The molecule has 0 aliphatic rings. The number of hydrogen-bond donors (Lipinski definition) is 0. The zero-order valence-corrected chi connectivity index (χ0v) is 12.0. The highest BCUT2D eigenvalue weighted by Crippen LogP contribution is 2.14. The number of hydrogen-bond acceptors (Lipinski definition) is 2. The summed E-state index contributed by atoms with van der Waals surface area (Å²) in [4.78, 5) is 17.3. The van der Waals surface area contributed by atoms with Crippen LogP contribution in [0.3, 0.4) is 0 Å². The Kier molecular flexibility index (Phi) is 5.21. The van der Waals surface area contributed by atoms with E-state index in [-0.39, 0.29) is 6.54 Å². The van der Waals surface area contributed by atoms with E-state index in [9.17, 15) is 13.6 Å². The molecule has 0 N–H and O–H groups in total. The van der Waals surface area contributed by atoms with Gasteiger partial charge in [0.05, 0.1) is 0 Å². The number of amides is 1. The van der Waals surface area contributed by atoms with Crippen LogP contribution in [0.1, 0.15) is 22.5 Å². The minimum atomic E-state index is -0.864. The molecule has 1 aromatic heterocycles. The van der Waals surface area contributed by atoms with E-state index in [1.807, 2.05) is 6.07 Å². The third-order valence-corrected chi connectivity index (χ3v) is 2.98. The lowest BCUT2D eigenvalue weighted by molar-refractivity contribution is 0.0788. The van der Waals surface area contributed by atoms with Crippen molar-refractivity contribution in [3.05, 3.63) is 65.5 Å². The number of pyridine rings is 1. The highest BCUT2D eigenvalue weighted by atomic mass is 19.1. The molecule has 3 nitrogen and oxygen atoms in total. The van der Waals surface area contributed by atoms with Crippen molar-refractivity contribution in [3.8, 4) is 11.8 Å². The fraction of sp³-hybridized carbons (Fsp3) is 0.176. The number of nitrogens with zero attached hydrogens (tertiary/aromatic N) is 2. The molecule has 0 saturated carbocycles. The second kappa shape index (κ2) is 7.32. The van der Waals surface area contributed by atoms with Gasteiger partial charge in [-0.05, 0) is 30.2 Å². The Morgan fingerprint density at radius 3 is 2.55 bits per heavy atom. The first kappa shape index (κ1) is 15.6. The molecule has 1 heterocycles. The Balaban J connectivity index is 1.97. The highest BCUT2D eigenvalue weighted by molar-refractivity contribution is 5.94. The van der Waals surface area contributed by atoms with Crippen molar-refractivity contribution in [2.24, 2.45) is 0 Å². The van der Waals surface area contributed by atoms with E-state index in [2.05, 4.69) is 16.8 Å². The van der Waals surface area contributed by atoms with E-state index in [0.29, 0.717) is 12.1 Å². The monoisotopic (exact) mass is 300 g/mol. The van der Waals surface area contributed by atoms with E-state index in [1.165, 1.54) is 18.0 Å². The van der Waals surface area contributed by atoms with E-state index < -0.39 is 23.1 Å². The van der Waals surface area contributed by atoms with E-state index in [4.69, 9.17) is 0 Å². The lowest BCUT2D eigenvalue weighted by Crippen LogP contribution is -2.29. The minimum absolute atomic E-state index is 0.270. The first-order chi connectivity index (χ1) is 10.6. The van der Waals surface area contributed by atoms with Crippen molar-refractivity contribution in [3.63, 3.8) is 0 Å². The molecule has 0 aliphatic heterocycles. The molecule has 0 aliphatic carbocycles. The number of halogens is 2. The second-order valence-electron chi connectivity index (χ2n) is 4.59. The number of carbonyl (C=O) groups excluding carboxylic acids is 1. The summed E-state index contributed by atoms with van der Waals surface area (Å²) >= 11 is 0. The Labute approximate surface area is 127 Å². The molecule has 0 saturated heterocycles. The molecule has 0 unspecified atom stereocenters. The topological polar surface area (TPSA) is 33.2 Å². The lowest BCUT2D eigenvalue weighted by atomic mass is 10.1. The van der Waals surface area contributed by atoms with E-state index in [0.717, 1.165) is 12.1 Å². The number of benzene rings is 1. The average Bonchev–Trinajstić information content (AvgIpc) is 2.52. The quantitative estimate of drug-likeness (QED) is 0.817. The third kappa shape index (κ3) is 3.89. The highest BCUT2D eigenvalue weighted by Gasteiger charge is 2.19. The van der Waals surface area contributed by atoms with Crippen LogP contribution in [0.2, 0.25) is 0 Å². The number of rotatable bonds is 3. The van der Waals surface area contributed by atoms with Gasteiger partial charge in [-0.3, -0.25) is 4.79 Å². The molecule has 0 spiro atoms. The zero-order valence-electron chi connectivity index (χ0n) is 12.0. The van der Waals surface area contributed by atoms with Gasteiger partial charge in [0.15, 0.2) is 0 Å². The van der Waals surface area contributed by atoms with Gasteiger partial charge in [0, 0.05) is 26.2 Å². The fourth-order valence-electron chi connectivity index (χ4n) is 1.81. The molecule has 0 bridgehead atoms. The van der Waals surface area contributed by atoms with Crippen LogP contribution in [0.5, 0.6) is 0 Å². The smallest absolute Gasteiger partial charge is 0.259 e. The summed E-state index contributed by atoms with van der Waals surface area (Å²) in [6, 6.07) is 8.74. The summed E-state index contributed by atoms with van der Waals surface area (Å²) < 4.78 is 27.1. The van der Waals surface area contributed by atoms with Crippen molar-refractivity contribution < 1.29 is 13.6 Å². The van der Waals surface area contributed by atoms with Crippen LogP contribution in [0.25, 0.3) is 0 Å². The van der Waals surface area contributed by atoms with Gasteiger partial charge < -0.3 is 4.90 Å². The maximum atomic E-state index is 13.5. The molecule has 1 amide bonds. The Morgan fingerprint density at radius 2 is 1.91 bits per heavy atom. The van der Waals surface area contributed by atoms with Crippen LogP contribution in [-0.4, -0.2) is 29.4 Å². The number of carbonyl (C=O) groups is 1. The molecule has 112 valence electrons. The van der Waals surface area contributed by atoms with Gasteiger partial charge >= 0.3 is 0 Å². The van der Waals surface area contributed by atoms with Gasteiger partial charge in [0.1, 0.15) is 22.9 Å². The Morgan fingerprint density at radius 1 is 1.18 bits per heavy atom. The van der Waals surface area contributed by atoms with Crippen LogP contribution in [0, 0.1) is 23.5 Å². The van der Waals surface area contributed by atoms with Crippen LogP contribution in [0.15, 0.2) is 42.6 Å². The maximum absolute atomic E-state index is 13.5. The molecular weight excluding hydrogens is 286 g/mol. The van der Waals surface area contributed by atoms with Crippen molar-refractivity contribution in [1.29, 1.82) is 0 Å². The van der Waals surface area contributed by atoms with Crippen LogP contribution in [-0.2, 0) is 0 Å². The first-order valence-electron chi connectivity index (χ1n) is 6.69. The van der Waals surface area contributed by atoms with Gasteiger partial charge in [-0.1, -0.05) is 18.1 Å². The van der Waals surface area contributed by atoms with Gasteiger partial charge in [-0.15, -0.1) is 0 Å². The lowest BCUT2D eigenvalue weighted by Gasteiger charge is -2.16. The normalized spacial score (nSPS) is 9.77. The molecule has 22 heavy (non-hydrogen) atoms. The number of aromatic nitrogens is 1. The molecule has 0 atom stereocenters. The van der Waals surface area contributed by atoms with E-state index in [1.54, 1.807) is 18.3 Å². The summed E-state index contributed by atoms with van der Waals surface area (Å²) in [6.45, 7) is 0.270. The van der Waals surface area contributed by atoms with Gasteiger partial charge in [-0.25, -0.2) is 13.8 Å². The minimum Gasteiger partial charge on any atom is -0.341 e. The molecule has 0 fully saturated rings. The van der Waals surface area contributed by atoms with Crippen LogP contribution < -0.4 is 0 Å². The van der Waals surface area contributed by atoms with Gasteiger partial charge in [0.25, 0.3) is 5.91 Å². The predicted molar refractivity (Wildman–Crippen MR) is 79.1 cm³/mol. The fourth-order valence-corrected chi connectivity index (χ4v) is 1.81. The molecule has 0 radical (unpaired) electrons. The Bertz CT molecular complexity index is 700. The molecule has 2 rings (SSSR count). The maximum Gasteiger partial charge on any atom is 0.259 e. The van der Waals surface area contributed by atoms with Crippen LogP contribution >= 0.6 is 0 Å². The summed E-state index contributed by atoms with van der Waals surface area (Å²) in [5.41, 5.74) is 0.0966. The zero-order chi connectivity index (χ0) is 15.9. The largest absolute Gasteiger partial charge is 0.341 e. The van der Waals surface area contributed by atoms with Gasteiger partial charge in [-0.2, -0.15) is 0 Å². The SMILES string of the molecule is CN(CCC#Cc1ccccn1)C(=O)c1c(F)cccc1F. The van der Waals surface area contributed by atoms with Crippen molar-refractivity contribution in [2.45, 2.75) is 6.42 Å². The van der Waals surface area contributed by atoms with Crippen molar-refractivity contribution in [1.82, 2.24) is 9.88 Å². The standard InChI is InChI=1S/C17H14F2N2O/c1-21(12-5-3-8-13-7-2-4-11-20-13)17(22)16-14(18)9-6-10-15(16)19/h2,4,6-7,9-11H,5,12H2,1H3. The average molecular weight is 300 g/mol.